The molecule has 0 bridgehead atoms. The van der Waals surface area contributed by atoms with Crippen molar-refractivity contribution in [1.82, 2.24) is 0 Å². The molecule has 6 nitrogen and oxygen atoms in total. The minimum absolute atomic E-state index is 0.114. The number of terminal acetylenes is 1. The van der Waals surface area contributed by atoms with Gasteiger partial charge in [-0.05, 0) is 42.5 Å². The number of hydrogen-bond acceptors (Lipinski definition) is 6. The second kappa shape index (κ2) is 9.93. The maximum atomic E-state index is 12.6. The van der Waals surface area contributed by atoms with Gasteiger partial charge in [0.2, 0.25) is 5.75 Å². The lowest BCUT2D eigenvalue weighted by atomic mass is 10.1. The van der Waals surface area contributed by atoms with Gasteiger partial charge in [0.05, 0.1) is 28.4 Å². The van der Waals surface area contributed by atoms with E-state index in [2.05, 4.69) is 5.92 Å². The summed E-state index contributed by atoms with van der Waals surface area (Å²) in [4.78, 5) is 12.6. The van der Waals surface area contributed by atoms with Crippen molar-refractivity contribution in [2.75, 3.05) is 35.0 Å². The Balaban J connectivity index is 2.30. The van der Waals surface area contributed by atoms with Crippen LogP contribution in [0.3, 0.4) is 0 Å². The number of hydrogen-bond donors (Lipinski definition) is 0. The second-order valence-electron chi connectivity index (χ2n) is 5.48. The van der Waals surface area contributed by atoms with Crippen molar-refractivity contribution in [2.45, 2.75) is 0 Å². The fourth-order valence-corrected chi connectivity index (χ4v) is 2.58. The van der Waals surface area contributed by atoms with E-state index in [4.69, 9.17) is 30.1 Å². The molecule has 0 amide bonds. The molecule has 6 heteroatoms. The van der Waals surface area contributed by atoms with E-state index in [0.717, 1.165) is 0 Å². The molecule has 146 valence electrons. The molecule has 2 rings (SSSR count). The summed E-state index contributed by atoms with van der Waals surface area (Å²) >= 11 is 0. The standard InChI is InChI=1S/C22H22O6/c1-6-13-28-18-11-9-16(14-20(18)25-3)17(23)10-7-15-8-12-19(24-2)22(27-5)21(15)26-4/h1,7-12,14H,13H2,2-5H3/b10-7+. The van der Waals surface area contributed by atoms with Gasteiger partial charge in [-0.1, -0.05) is 5.92 Å². The molecule has 2 aromatic carbocycles. The smallest absolute Gasteiger partial charge is 0.203 e. The molecule has 0 N–H and O–H groups in total. The highest BCUT2D eigenvalue weighted by Crippen LogP contribution is 2.40. The fraction of sp³-hybridized carbons (Fsp3) is 0.227. The third-order valence-electron chi connectivity index (χ3n) is 3.91. The number of carbonyl (C=O) groups is 1. The van der Waals surface area contributed by atoms with Crippen molar-refractivity contribution >= 4 is 11.9 Å². The van der Waals surface area contributed by atoms with Gasteiger partial charge in [-0.2, -0.15) is 0 Å². The monoisotopic (exact) mass is 382 g/mol. The predicted molar refractivity (Wildman–Crippen MR) is 107 cm³/mol. The molecular formula is C22H22O6. The van der Waals surface area contributed by atoms with Gasteiger partial charge < -0.3 is 23.7 Å². The van der Waals surface area contributed by atoms with E-state index in [1.54, 1.807) is 43.5 Å². The van der Waals surface area contributed by atoms with Crippen LogP contribution in [0.25, 0.3) is 6.08 Å². The van der Waals surface area contributed by atoms with Crippen LogP contribution < -0.4 is 23.7 Å². The van der Waals surface area contributed by atoms with E-state index < -0.39 is 0 Å². The first-order valence-electron chi connectivity index (χ1n) is 8.35. The predicted octanol–water partition coefficient (Wildman–Crippen LogP) is 3.63. The number of methoxy groups -OCH3 is 4. The minimum atomic E-state index is -0.210. The zero-order valence-electron chi connectivity index (χ0n) is 16.3. The average molecular weight is 382 g/mol. The summed E-state index contributed by atoms with van der Waals surface area (Å²) in [5.74, 6) is 4.54. The van der Waals surface area contributed by atoms with Crippen molar-refractivity contribution in [3.8, 4) is 41.1 Å². The lowest BCUT2D eigenvalue weighted by Gasteiger charge is -2.14. The Hall–Kier alpha value is -3.59. The molecule has 0 aliphatic rings. The molecule has 2 aromatic rings. The van der Waals surface area contributed by atoms with Gasteiger partial charge in [-0.25, -0.2) is 0 Å². The van der Waals surface area contributed by atoms with E-state index in [9.17, 15) is 4.79 Å². The van der Waals surface area contributed by atoms with Gasteiger partial charge in [0.1, 0.15) is 6.61 Å². The van der Waals surface area contributed by atoms with Gasteiger partial charge in [0.25, 0.3) is 0 Å². The van der Waals surface area contributed by atoms with Gasteiger partial charge in [-0.15, -0.1) is 6.42 Å². The first kappa shape index (κ1) is 20.7. The zero-order chi connectivity index (χ0) is 20.5. The molecule has 0 saturated carbocycles. The molecule has 28 heavy (non-hydrogen) atoms. The molecule has 0 aliphatic carbocycles. The summed E-state index contributed by atoms with van der Waals surface area (Å²) in [6.45, 7) is 0.114. The quantitative estimate of drug-likeness (QED) is 0.375. The highest BCUT2D eigenvalue weighted by atomic mass is 16.5. The van der Waals surface area contributed by atoms with Crippen LogP contribution in [-0.2, 0) is 0 Å². The Kier molecular flexibility index (Phi) is 7.35. The topological polar surface area (TPSA) is 63.2 Å². The van der Waals surface area contributed by atoms with Gasteiger partial charge in [0.15, 0.2) is 28.8 Å². The summed E-state index contributed by atoms with van der Waals surface area (Å²) in [6, 6.07) is 8.42. The van der Waals surface area contributed by atoms with Crippen LogP contribution >= 0.6 is 0 Å². The van der Waals surface area contributed by atoms with Crippen molar-refractivity contribution < 1.29 is 28.5 Å². The Labute approximate surface area is 164 Å². The van der Waals surface area contributed by atoms with E-state index in [-0.39, 0.29) is 12.4 Å². The Morgan fingerprint density at radius 3 is 2.21 bits per heavy atom. The van der Waals surface area contributed by atoms with E-state index in [1.807, 2.05) is 0 Å². The van der Waals surface area contributed by atoms with Crippen LogP contribution in [0.4, 0.5) is 0 Å². The molecule has 0 aromatic heterocycles. The normalized spacial score (nSPS) is 10.2. The Bertz CT molecular complexity index is 908. The van der Waals surface area contributed by atoms with Crippen molar-refractivity contribution in [1.29, 1.82) is 0 Å². The van der Waals surface area contributed by atoms with Crippen LogP contribution in [0.2, 0.25) is 0 Å². The molecule has 0 spiro atoms. The minimum Gasteiger partial charge on any atom is -0.493 e. The molecule has 0 radical (unpaired) electrons. The first-order chi connectivity index (χ1) is 13.6. The van der Waals surface area contributed by atoms with E-state index in [0.29, 0.717) is 39.9 Å². The summed E-state index contributed by atoms with van der Waals surface area (Å²) in [7, 11) is 6.09. The third kappa shape index (κ3) is 4.57. The van der Waals surface area contributed by atoms with E-state index in [1.165, 1.54) is 27.4 Å². The van der Waals surface area contributed by atoms with Crippen LogP contribution in [0.15, 0.2) is 36.4 Å². The molecule has 0 fully saturated rings. The SMILES string of the molecule is C#CCOc1ccc(C(=O)/C=C/c2ccc(OC)c(OC)c2OC)cc1OC. The van der Waals surface area contributed by atoms with Crippen LogP contribution in [0.1, 0.15) is 15.9 Å². The maximum Gasteiger partial charge on any atom is 0.203 e. The number of ether oxygens (including phenoxy) is 5. The second-order valence-corrected chi connectivity index (χ2v) is 5.48. The molecule has 0 heterocycles. The highest BCUT2D eigenvalue weighted by molar-refractivity contribution is 6.07. The Morgan fingerprint density at radius 2 is 1.61 bits per heavy atom. The number of benzene rings is 2. The largest absolute Gasteiger partial charge is 0.493 e. The summed E-state index contributed by atoms with van der Waals surface area (Å²) in [6.07, 6.45) is 8.29. The summed E-state index contributed by atoms with van der Waals surface area (Å²) in [5, 5.41) is 0. The highest BCUT2D eigenvalue weighted by Gasteiger charge is 2.15. The average Bonchev–Trinajstić information content (AvgIpc) is 2.74. The first-order valence-corrected chi connectivity index (χ1v) is 8.35. The van der Waals surface area contributed by atoms with Crippen LogP contribution in [0, 0.1) is 12.3 Å². The molecule has 0 aliphatic heterocycles. The fourth-order valence-electron chi connectivity index (χ4n) is 2.58. The summed E-state index contributed by atoms with van der Waals surface area (Å²) in [5.41, 5.74) is 1.12. The van der Waals surface area contributed by atoms with Crippen molar-refractivity contribution in [2.24, 2.45) is 0 Å². The lowest BCUT2D eigenvalue weighted by molar-refractivity contribution is 0.104. The van der Waals surface area contributed by atoms with Crippen molar-refractivity contribution in [3.63, 3.8) is 0 Å². The number of ketones is 1. The molecule has 0 atom stereocenters. The van der Waals surface area contributed by atoms with Crippen LogP contribution in [-0.4, -0.2) is 40.8 Å². The number of rotatable bonds is 9. The van der Waals surface area contributed by atoms with Crippen molar-refractivity contribution in [3.05, 3.63) is 47.5 Å². The third-order valence-corrected chi connectivity index (χ3v) is 3.91. The maximum absolute atomic E-state index is 12.6. The van der Waals surface area contributed by atoms with E-state index >= 15 is 0 Å². The zero-order valence-corrected chi connectivity index (χ0v) is 16.3. The van der Waals surface area contributed by atoms with Gasteiger partial charge in [-0.3, -0.25) is 4.79 Å². The summed E-state index contributed by atoms with van der Waals surface area (Å²) < 4.78 is 26.7. The van der Waals surface area contributed by atoms with Crippen LogP contribution in [0.5, 0.6) is 28.7 Å². The van der Waals surface area contributed by atoms with Gasteiger partial charge >= 0.3 is 0 Å². The number of carbonyl (C=O) groups excluding carboxylic acids is 1. The number of allylic oxidation sites excluding steroid dienone is 1. The van der Waals surface area contributed by atoms with Gasteiger partial charge in [0, 0.05) is 11.1 Å². The molecule has 0 unspecified atom stereocenters. The Morgan fingerprint density at radius 1 is 0.929 bits per heavy atom. The lowest BCUT2D eigenvalue weighted by Crippen LogP contribution is -2.00. The molecule has 0 saturated heterocycles. The molecular weight excluding hydrogens is 360 g/mol.